The van der Waals surface area contributed by atoms with Gasteiger partial charge in [-0.25, -0.2) is 0 Å². The Balaban J connectivity index is 1.37. The molecular weight excluding hydrogens is 326 g/mol. The lowest BCUT2D eigenvalue weighted by Crippen LogP contribution is -2.42. The zero-order chi connectivity index (χ0) is 18.3. The molecule has 2 aliphatic heterocycles. The highest BCUT2D eigenvalue weighted by molar-refractivity contribution is 5.79. The fourth-order valence-corrected chi connectivity index (χ4v) is 4.68. The van der Waals surface area contributed by atoms with Crippen molar-refractivity contribution in [1.29, 1.82) is 0 Å². The van der Waals surface area contributed by atoms with Crippen molar-refractivity contribution in [3.05, 3.63) is 22.8 Å². The van der Waals surface area contributed by atoms with Crippen LogP contribution in [0.25, 0.3) is 0 Å². The highest BCUT2D eigenvalue weighted by Crippen LogP contribution is 2.33. The molecule has 26 heavy (non-hydrogen) atoms. The number of piperidine rings is 1. The van der Waals surface area contributed by atoms with Gasteiger partial charge in [-0.05, 0) is 53.0 Å². The molecule has 1 aromatic rings. The van der Waals surface area contributed by atoms with Crippen molar-refractivity contribution < 1.29 is 4.79 Å². The summed E-state index contributed by atoms with van der Waals surface area (Å²) in [5, 5.41) is 8.92. The topological polar surface area (TPSA) is 54.3 Å². The minimum absolute atomic E-state index is 0.201. The molecule has 3 aliphatic rings. The van der Waals surface area contributed by atoms with E-state index in [1.807, 2.05) is 0 Å². The highest BCUT2D eigenvalue weighted by Gasteiger charge is 2.32. The van der Waals surface area contributed by atoms with E-state index in [-0.39, 0.29) is 5.92 Å². The Labute approximate surface area is 156 Å². The number of amides is 1. The number of nitrogens with zero attached hydrogens (tertiary/aromatic N) is 5. The fraction of sp³-hybridized carbons (Fsp3) is 0.750. The van der Waals surface area contributed by atoms with Gasteiger partial charge < -0.3 is 9.47 Å². The first-order chi connectivity index (χ1) is 12.5. The molecule has 6 nitrogen and oxygen atoms in total. The van der Waals surface area contributed by atoms with Gasteiger partial charge in [-0.15, -0.1) is 10.2 Å². The molecule has 1 atom stereocenters. The summed E-state index contributed by atoms with van der Waals surface area (Å²) in [5.74, 6) is 3.25. The minimum atomic E-state index is 0.201. The number of likely N-dealkylation sites (N-methyl/N-ethyl adjacent to an activating group) is 1. The first kappa shape index (κ1) is 17.7. The van der Waals surface area contributed by atoms with E-state index in [2.05, 4.69) is 45.5 Å². The number of hydrogen-bond donors (Lipinski definition) is 0. The van der Waals surface area contributed by atoms with E-state index in [0.717, 1.165) is 76.5 Å². The van der Waals surface area contributed by atoms with Gasteiger partial charge in [0.15, 0.2) is 0 Å². The summed E-state index contributed by atoms with van der Waals surface area (Å²) in [5.41, 5.74) is 2.90. The molecule has 0 spiro atoms. The lowest BCUT2D eigenvalue weighted by Gasteiger charge is -2.35. The molecule has 142 valence electrons. The molecule has 1 saturated heterocycles. The van der Waals surface area contributed by atoms with Crippen LogP contribution in [0.2, 0.25) is 0 Å². The smallest absolute Gasteiger partial charge is 0.226 e. The molecule has 4 rings (SSSR count). The second kappa shape index (κ2) is 7.14. The lowest BCUT2D eigenvalue weighted by molar-refractivity contribution is -0.137. The Morgan fingerprint density at radius 2 is 1.77 bits per heavy atom. The van der Waals surface area contributed by atoms with Gasteiger partial charge in [-0.2, -0.15) is 0 Å². The Hall–Kier alpha value is -1.69. The largest absolute Gasteiger partial charge is 0.342 e. The van der Waals surface area contributed by atoms with Crippen LogP contribution in [0.3, 0.4) is 0 Å². The molecule has 0 saturated carbocycles. The number of carbonyl (C=O) groups excluding carboxylic acids is 1. The van der Waals surface area contributed by atoms with Crippen molar-refractivity contribution in [3.63, 3.8) is 0 Å². The second-order valence-corrected chi connectivity index (χ2v) is 8.46. The van der Waals surface area contributed by atoms with Crippen LogP contribution in [0.15, 0.2) is 11.1 Å². The Kier molecular flexibility index (Phi) is 4.86. The van der Waals surface area contributed by atoms with E-state index >= 15 is 0 Å². The third kappa shape index (κ3) is 3.31. The zero-order valence-electron chi connectivity index (χ0n) is 16.4. The van der Waals surface area contributed by atoms with Crippen LogP contribution in [0, 0.1) is 5.92 Å². The van der Waals surface area contributed by atoms with Gasteiger partial charge in [-0.3, -0.25) is 9.69 Å². The van der Waals surface area contributed by atoms with Crippen molar-refractivity contribution in [2.45, 2.75) is 65.0 Å². The number of fused-ring (bicyclic) bond motifs is 1. The van der Waals surface area contributed by atoms with E-state index in [1.165, 1.54) is 11.1 Å². The molecule has 1 amide bonds. The summed E-state index contributed by atoms with van der Waals surface area (Å²) < 4.78 is 2.32. The van der Waals surface area contributed by atoms with Crippen molar-refractivity contribution >= 4 is 5.91 Å². The molecule has 0 N–H and O–H groups in total. The lowest BCUT2D eigenvalue weighted by atomic mass is 9.83. The third-order valence-corrected chi connectivity index (χ3v) is 6.64. The quantitative estimate of drug-likeness (QED) is 0.764. The van der Waals surface area contributed by atoms with E-state index in [4.69, 9.17) is 0 Å². The van der Waals surface area contributed by atoms with E-state index in [1.54, 1.807) is 0 Å². The van der Waals surface area contributed by atoms with Crippen LogP contribution < -0.4 is 0 Å². The van der Waals surface area contributed by atoms with Crippen LogP contribution in [-0.4, -0.2) is 57.2 Å². The fourth-order valence-electron chi connectivity index (χ4n) is 4.68. The van der Waals surface area contributed by atoms with Crippen LogP contribution in [-0.2, 0) is 17.9 Å². The summed E-state index contributed by atoms with van der Waals surface area (Å²) in [4.78, 5) is 17.3. The molecule has 1 aliphatic carbocycles. The summed E-state index contributed by atoms with van der Waals surface area (Å²) in [6.07, 6.45) is 5.09. The molecule has 3 heterocycles. The monoisotopic (exact) mass is 357 g/mol. The Morgan fingerprint density at radius 1 is 1.00 bits per heavy atom. The van der Waals surface area contributed by atoms with E-state index in [0.29, 0.717) is 11.8 Å². The van der Waals surface area contributed by atoms with Crippen molar-refractivity contribution in [3.8, 4) is 0 Å². The molecular formula is C20H31N5O. The number of likely N-dealkylation sites (tertiary alicyclic amines) is 1. The van der Waals surface area contributed by atoms with Crippen LogP contribution in [0.5, 0.6) is 0 Å². The van der Waals surface area contributed by atoms with Crippen molar-refractivity contribution in [1.82, 2.24) is 24.6 Å². The van der Waals surface area contributed by atoms with Gasteiger partial charge >= 0.3 is 0 Å². The van der Waals surface area contributed by atoms with Gasteiger partial charge in [0, 0.05) is 38.0 Å². The maximum atomic E-state index is 12.9. The summed E-state index contributed by atoms with van der Waals surface area (Å²) in [7, 11) is 2.13. The third-order valence-electron chi connectivity index (χ3n) is 6.64. The second-order valence-electron chi connectivity index (χ2n) is 8.46. The normalized spacial score (nSPS) is 25.5. The summed E-state index contributed by atoms with van der Waals surface area (Å²) >= 11 is 0. The first-order valence-corrected chi connectivity index (χ1v) is 10.1. The van der Waals surface area contributed by atoms with Gasteiger partial charge in [0.2, 0.25) is 5.91 Å². The summed E-state index contributed by atoms with van der Waals surface area (Å²) in [6, 6.07) is 0. The molecule has 0 radical (unpaired) electrons. The Bertz CT molecular complexity index is 714. The molecule has 6 heteroatoms. The summed E-state index contributed by atoms with van der Waals surface area (Å²) in [6.45, 7) is 9.06. The molecule has 0 aromatic carbocycles. The minimum Gasteiger partial charge on any atom is -0.342 e. The van der Waals surface area contributed by atoms with Gasteiger partial charge in [-0.1, -0.05) is 11.1 Å². The van der Waals surface area contributed by atoms with Gasteiger partial charge in [0.05, 0.1) is 6.54 Å². The predicted octanol–water partition coefficient (Wildman–Crippen LogP) is 2.57. The number of hydrogen-bond acceptors (Lipinski definition) is 4. The SMILES string of the molecule is CC1=C(C)C[C@H](C(=O)N2CCC(c3nnc4n3CCN(C)C4)CC2)CC1. The molecule has 0 unspecified atom stereocenters. The predicted molar refractivity (Wildman–Crippen MR) is 101 cm³/mol. The van der Waals surface area contributed by atoms with Crippen LogP contribution in [0.1, 0.15) is 63.5 Å². The zero-order valence-corrected chi connectivity index (χ0v) is 16.4. The Morgan fingerprint density at radius 3 is 2.50 bits per heavy atom. The first-order valence-electron chi connectivity index (χ1n) is 10.1. The highest BCUT2D eigenvalue weighted by atomic mass is 16.2. The maximum absolute atomic E-state index is 12.9. The number of aromatic nitrogens is 3. The number of rotatable bonds is 2. The average Bonchev–Trinajstić information content (AvgIpc) is 3.06. The van der Waals surface area contributed by atoms with Crippen molar-refractivity contribution in [2.75, 3.05) is 26.7 Å². The van der Waals surface area contributed by atoms with Gasteiger partial charge in [0.1, 0.15) is 11.6 Å². The number of carbonyl (C=O) groups is 1. The van der Waals surface area contributed by atoms with Crippen LogP contribution in [0.4, 0.5) is 0 Å². The molecule has 1 fully saturated rings. The van der Waals surface area contributed by atoms with E-state index in [9.17, 15) is 4.79 Å². The van der Waals surface area contributed by atoms with Crippen LogP contribution >= 0.6 is 0 Å². The molecule has 0 bridgehead atoms. The van der Waals surface area contributed by atoms with E-state index < -0.39 is 0 Å². The van der Waals surface area contributed by atoms with Gasteiger partial charge in [0.25, 0.3) is 0 Å². The molecule has 1 aromatic heterocycles. The average molecular weight is 358 g/mol. The maximum Gasteiger partial charge on any atom is 0.226 e. The standard InChI is InChI=1S/C20H31N5O/c1-14-4-5-17(12-15(14)2)20(26)24-8-6-16(7-9-24)19-22-21-18-13-23(3)10-11-25(18)19/h16-17H,4-13H2,1-3H3/t17-/m1/s1. The van der Waals surface area contributed by atoms with Crippen molar-refractivity contribution in [2.24, 2.45) is 5.92 Å². The number of allylic oxidation sites excluding steroid dienone is 2.